The zero-order valence-electron chi connectivity index (χ0n) is 8.24. The van der Waals surface area contributed by atoms with E-state index in [0.29, 0.717) is 5.56 Å². The molecular weight excluding hydrogens is 192 g/mol. The highest BCUT2D eigenvalue weighted by atomic mass is 28.3. The number of terminal acetylenes is 1. The molecule has 3 heteroatoms. The Morgan fingerprint density at radius 3 is 2.21 bits per heavy atom. The molecule has 0 spiro atoms. The number of carboxylic acids is 1. The summed E-state index contributed by atoms with van der Waals surface area (Å²) in [5.41, 5.74) is 3.10. The summed E-state index contributed by atoms with van der Waals surface area (Å²) in [5.74, 6) is -0.906. The Kier molecular flexibility index (Phi) is 2.78. The average Bonchev–Trinajstić information content (AvgIpc) is 2.18. The molecule has 0 aliphatic heterocycles. The van der Waals surface area contributed by atoms with Gasteiger partial charge in [-0.3, -0.25) is 0 Å². The second kappa shape index (κ2) is 3.68. The molecule has 0 saturated heterocycles. The lowest BCUT2D eigenvalue weighted by Crippen LogP contribution is -2.39. The van der Waals surface area contributed by atoms with Gasteiger partial charge in [0.15, 0.2) is 8.07 Å². The molecule has 0 bridgehead atoms. The number of aromatic carboxylic acids is 1. The van der Waals surface area contributed by atoms with E-state index >= 15 is 0 Å². The highest BCUT2D eigenvalue weighted by Gasteiger charge is 2.20. The van der Waals surface area contributed by atoms with Crippen LogP contribution in [0.1, 0.15) is 10.4 Å². The van der Waals surface area contributed by atoms with Crippen molar-refractivity contribution in [2.45, 2.75) is 13.1 Å². The minimum absolute atomic E-state index is 0.301. The maximum atomic E-state index is 10.6. The van der Waals surface area contributed by atoms with E-state index in [-0.39, 0.29) is 0 Å². The van der Waals surface area contributed by atoms with Crippen molar-refractivity contribution in [3.05, 3.63) is 29.8 Å². The molecule has 0 atom stereocenters. The summed E-state index contributed by atoms with van der Waals surface area (Å²) >= 11 is 0. The van der Waals surface area contributed by atoms with E-state index in [9.17, 15) is 4.79 Å². The molecular formula is C11H12O2Si. The first-order valence-electron chi connectivity index (χ1n) is 4.29. The number of hydrogen-bond donors (Lipinski definition) is 1. The number of benzene rings is 1. The summed E-state index contributed by atoms with van der Waals surface area (Å²) in [6.07, 6.45) is 5.43. The van der Waals surface area contributed by atoms with E-state index in [0.717, 1.165) is 5.19 Å². The third-order valence-corrected chi connectivity index (χ3v) is 4.71. The van der Waals surface area contributed by atoms with Crippen molar-refractivity contribution in [2.75, 3.05) is 0 Å². The molecule has 0 unspecified atom stereocenters. The van der Waals surface area contributed by atoms with Gasteiger partial charge in [-0.05, 0) is 17.3 Å². The quantitative estimate of drug-likeness (QED) is 0.585. The summed E-state index contributed by atoms with van der Waals surface area (Å²) in [6.45, 7) is 4.12. The van der Waals surface area contributed by atoms with Crippen molar-refractivity contribution in [3.63, 3.8) is 0 Å². The van der Waals surface area contributed by atoms with Gasteiger partial charge in [0.1, 0.15) is 0 Å². The molecule has 0 aromatic heterocycles. The first-order chi connectivity index (χ1) is 6.47. The minimum atomic E-state index is -1.78. The largest absolute Gasteiger partial charge is 0.478 e. The van der Waals surface area contributed by atoms with Gasteiger partial charge in [-0.25, -0.2) is 4.79 Å². The van der Waals surface area contributed by atoms with Crippen LogP contribution in [0.15, 0.2) is 24.3 Å². The van der Waals surface area contributed by atoms with E-state index in [1.54, 1.807) is 12.1 Å². The first-order valence-corrected chi connectivity index (χ1v) is 7.29. The summed E-state index contributed by atoms with van der Waals surface area (Å²) in [6, 6.07) is 6.83. The summed E-state index contributed by atoms with van der Waals surface area (Å²) in [4.78, 5) is 10.6. The monoisotopic (exact) mass is 204 g/mol. The van der Waals surface area contributed by atoms with Crippen LogP contribution < -0.4 is 5.19 Å². The second-order valence-electron chi connectivity index (χ2n) is 3.65. The molecule has 0 aliphatic carbocycles. The highest BCUT2D eigenvalue weighted by molar-refractivity contribution is 6.96. The van der Waals surface area contributed by atoms with Crippen LogP contribution in [-0.2, 0) is 0 Å². The predicted octanol–water partition coefficient (Wildman–Crippen LogP) is 1.47. The van der Waals surface area contributed by atoms with Gasteiger partial charge >= 0.3 is 5.97 Å². The summed E-state index contributed by atoms with van der Waals surface area (Å²) in [5, 5.41) is 9.79. The van der Waals surface area contributed by atoms with E-state index in [4.69, 9.17) is 11.5 Å². The van der Waals surface area contributed by atoms with Crippen molar-refractivity contribution in [2.24, 2.45) is 0 Å². The van der Waals surface area contributed by atoms with Crippen LogP contribution in [0.4, 0.5) is 0 Å². The lowest BCUT2D eigenvalue weighted by atomic mass is 10.2. The smallest absolute Gasteiger partial charge is 0.335 e. The molecule has 0 amide bonds. The molecule has 0 saturated carbocycles. The van der Waals surface area contributed by atoms with Crippen LogP contribution in [0, 0.1) is 12.0 Å². The van der Waals surface area contributed by atoms with Crippen LogP contribution in [0.25, 0.3) is 0 Å². The normalized spacial score (nSPS) is 10.6. The molecule has 0 radical (unpaired) electrons. The Morgan fingerprint density at radius 2 is 1.86 bits per heavy atom. The van der Waals surface area contributed by atoms with E-state index in [1.807, 2.05) is 12.1 Å². The third kappa shape index (κ3) is 2.04. The van der Waals surface area contributed by atoms with Crippen molar-refractivity contribution < 1.29 is 9.90 Å². The van der Waals surface area contributed by atoms with E-state index in [1.165, 1.54) is 0 Å². The number of carbonyl (C=O) groups is 1. The van der Waals surface area contributed by atoms with Crippen molar-refractivity contribution in [1.82, 2.24) is 0 Å². The van der Waals surface area contributed by atoms with Crippen LogP contribution >= 0.6 is 0 Å². The van der Waals surface area contributed by atoms with Crippen molar-refractivity contribution in [1.29, 1.82) is 0 Å². The summed E-state index contributed by atoms with van der Waals surface area (Å²) < 4.78 is 0. The Labute approximate surface area is 84.6 Å². The molecule has 1 rings (SSSR count). The SMILES string of the molecule is C#C[Si](C)(C)c1ccc(C(=O)O)cc1. The molecule has 2 nitrogen and oxygen atoms in total. The van der Waals surface area contributed by atoms with Crippen LogP contribution in [-0.4, -0.2) is 19.1 Å². The molecule has 0 fully saturated rings. The van der Waals surface area contributed by atoms with Gasteiger partial charge in [0.25, 0.3) is 0 Å². The summed E-state index contributed by atoms with van der Waals surface area (Å²) in [7, 11) is -1.78. The van der Waals surface area contributed by atoms with Crippen molar-refractivity contribution in [3.8, 4) is 12.0 Å². The van der Waals surface area contributed by atoms with Gasteiger partial charge in [0.05, 0.1) is 5.56 Å². The Balaban J connectivity index is 3.07. The zero-order chi connectivity index (χ0) is 10.8. The van der Waals surface area contributed by atoms with Crippen molar-refractivity contribution >= 4 is 19.2 Å². The third-order valence-electron chi connectivity index (χ3n) is 2.21. The number of hydrogen-bond acceptors (Lipinski definition) is 1. The maximum Gasteiger partial charge on any atom is 0.335 e. The van der Waals surface area contributed by atoms with Gasteiger partial charge in [0, 0.05) is 0 Å². The lowest BCUT2D eigenvalue weighted by molar-refractivity contribution is 0.0697. The van der Waals surface area contributed by atoms with Crippen LogP contribution in [0.5, 0.6) is 0 Å². The molecule has 1 aromatic rings. The molecule has 0 aliphatic rings. The van der Waals surface area contributed by atoms with Gasteiger partial charge < -0.3 is 5.11 Å². The minimum Gasteiger partial charge on any atom is -0.478 e. The Hall–Kier alpha value is -1.53. The van der Waals surface area contributed by atoms with Gasteiger partial charge in [-0.1, -0.05) is 25.2 Å². The van der Waals surface area contributed by atoms with E-state index in [2.05, 4.69) is 18.6 Å². The zero-order valence-corrected chi connectivity index (χ0v) is 9.24. The predicted molar refractivity (Wildman–Crippen MR) is 59.4 cm³/mol. The Bertz CT molecular complexity index is 385. The molecule has 0 heterocycles. The fraction of sp³-hybridized carbons (Fsp3) is 0.182. The molecule has 1 N–H and O–H groups in total. The van der Waals surface area contributed by atoms with E-state index < -0.39 is 14.0 Å². The van der Waals surface area contributed by atoms with Gasteiger partial charge in [0.2, 0.25) is 0 Å². The number of carboxylic acid groups (broad SMARTS) is 1. The topological polar surface area (TPSA) is 37.3 Å². The van der Waals surface area contributed by atoms with Gasteiger partial charge in [-0.2, -0.15) is 0 Å². The maximum absolute atomic E-state index is 10.6. The second-order valence-corrected chi connectivity index (χ2v) is 7.77. The fourth-order valence-corrected chi connectivity index (χ4v) is 2.28. The Morgan fingerprint density at radius 1 is 1.36 bits per heavy atom. The fourth-order valence-electron chi connectivity index (χ4n) is 1.11. The molecule has 1 aromatic carbocycles. The van der Waals surface area contributed by atoms with Crippen LogP contribution in [0.3, 0.4) is 0 Å². The first kappa shape index (κ1) is 10.5. The standard InChI is InChI=1S/C11H12O2Si/c1-4-14(2,3)10-7-5-9(6-8-10)11(12)13/h1,5-8H,2-3H3,(H,12,13). The highest BCUT2D eigenvalue weighted by Crippen LogP contribution is 2.04. The average molecular weight is 204 g/mol. The molecule has 72 valence electrons. The number of rotatable bonds is 2. The molecule has 14 heavy (non-hydrogen) atoms. The van der Waals surface area contributed by atoms with Gasteiger partial charge in [-0.15, -0.1) is 12.0 Å². The van der Waals surface area contributed by atoms with Crippen LogP contribution in [0.2, 0.25) is 13.1 Å². The lowest BCUT2D eigenvalue weighted by Gasteiger charge is -2.14.